The van der Waals surface area contributed by atoms with Crippen LogP contribution in [0.3, 0.4) is 0 Å². The molecule has 2 heteroatoms. The number of halogens is 1. The number of rotatable bonds is 6. The van der Waals surface area contributed by atoms with Gasteiger partial charge < -0.3 is 5.32 Å². The summed E-state index contributed by atoms with van der Waals surface area (Å²) in [5, 5.41) is 4.61. The predicted molar refractivity (Wildman–Crippen MR) is 76.9 cm³/mol. The molecule has 3 rings (SSSR count). The maximum Gasteiger partial charge on any atom is 0.0406 e. The van der Waals surface area contributed by atoms with Crippen LogP contribution in [0.4, 0.5) is 0 Å². The average Bonchev–Trinajstić information content (AvgIpc) is 3.25. The molecule has 0 radical (unpaired) electrons. The van der Waals surface area contributed by atoms with Gasteiger partial charge in [-0.15, -0.1) is 0 Å². The maximum absolute atomic E-state index is 5.95. The molecule has 2 aliphatic rings. The number of hydrogen-bond acceptors (Lipinski definition) is 1. The van der Waals surface area contributed by atoms with Crippen molar-refractivity contribution in [1.29, 1.82) is 0 Å². The Balaban J connectivity index is 1.60. The molecule has 0 bridgehead atoms. The molecule has 0 amide bonds. The van der Waals surface area contributed by atoms with Crippen LogP contribution in [0.1, 0.15) is 50.6 Å². The molecule has 1 aromatic carbocycles. The van der Waals surface area contributed by atoms with E-state index in [1.54, 1.807) is 0 Å². The minimum atomic E-state index is 0.485. The van der Waals surface area contributed by atoms with E-state index in [1.165, 1.54) is 37.8 Å². The second kappa shape index (κ2) is 4.86. The van der Waals surface area contributed by atoms with Crippen molar-refractivity contribution in [2.75, 3.05) is 6.54 Å². The van der Waals surface area contributed by atoms with E-state index in [9.17, 15) is 0 Å². The highest BCUT2D eigenvalue weighted by molar-refractivity contribution is 6.30. The van der Waals surface area contributed by atoms with Gasteiger partial charge in [-0.05, 0) is 61.1 Å². The van der Waals surface area contributed by atoms with Crippen molar-refractivity contribution in [3.8, 4) is 0 Å². The standard InChI is InChI=1S/C16H22ClN/c1-2-15(12-3-7-14(17)8-4-12)18-11-16(9-10-16)13-5-6-13/h3-4,7-8,13,15,18H,2,5-6,9-11H2,1H3. The smallest absolute Gasteiger partial charge is 0.0406 e. The van der Waals surface area contributed by atoms with Gasteiger partial charge in [-0.2, -0.15) is 0 Å². The average molecular weight is 264 g/mol. The van der Waals surface area contributed by atoms with Gasteiger partial charge >= 0.3 is 0 Å². The first-order chi connectivity index (χ1) is 8.73. The van der Waals surface area contributed by atoms with Crippen LogP contribution in [0, 0.1) is 11.3 Å². The molecule has 0 heterocycles. The third-order valence-electron chi connectivity index (χ3n) is 4.72. The Labute approximate surface area is 115 Å². The van der Waals surface area contributed by atoms with Gasteiger partial charge in [0.2, 0.25) is 0 Å². The summed E-state index contributed by atoms with van der Waals surface area (Å²) in [6.45, 7) is 3.46. The first-order valence-corrected chi connectivity index (χ1v) is 7.60. The first kappa shape index (κ1) is 12.5. The summed E-state index contributed by atoms with van der Waals surface area (Å²) in [6, 6.07) is 8.78. The largest absolute Gasteiger partial charge is 0.309 e. The van der Waals surface area contributed by atoms with Gasteiger partial charge in [0.05, 0.1) is 0 Å². The van der Waals surface area contributed by atoms with Gasteiger partial charge in [0.1, 0.15) is 0 Å². The van der Waals surface area contributed by atoms with E-state index in [2.05, 4.69) is 24.4 Å². The molecular weight excluding hydrogens is 242 g/mol. The van der Waals surface area contributed by atoms with E-state index in [-0.39, 0.29) is 0 Å². The van der Waals surface area contributed by atoms with Crippen LogP contribution >= 0.6 is 11.6 Å². The molecule has 98 valence electrons. The molecular formula is C16H22ClN. The quantitative estimate of drug-likeness (QED) is 0.793. The second-order valence-corrected chi connectivity index (χ2v) is 6.47. The Hall–Kier alpha value is -0.530. The molecule has 1 atom stereocenters. The normalized spacial score (nSPS) is 22.8. The van der Waals surface area contributed by atoms with Gasteiger partial charge in [0.25, 0.3) is 0 Å². The van der Waals surface area contributed by atoms with Gasteiger partial charge in [0, 0.05) is 17.6 Å². The zero-order chi connectivity index (χ0) is 12.6. The molecule has 1 unspecified atom stereocenters. The van der Waals surface area contributed by atoms with Crippen molar-refractivity contribution in [2.24, 2.45) is 11.3 Å². The van der Waals surface area contributed by atoms with Gasteiger partial charge in [-0.1, -0.05) is 30.7 Å². The zero-order valence-corrected chi connectivity index (χ0v) is 11.8. The summed E-state index contributed by atoms with van der Waals surface area (Å²) >= 11 is 5.95. The third-order valence-corrected chi connectivity index (χ3v) is 4.97. The molecule has 0 spiro atoms. The topological polar surface area (TPSA) is 12.0 Å². The molecule has 0 aliphatic heterocycles. The van der Waals surface area contributed by atoms with E-state index in [4.69, 9.17) is 11.6 Å². The van der Waals surface area contributed by atoms with Crippen molar-refractivity contribution in [2.45, 2.75) is 45.1 Å². The minimum Gasteiger partial charge on any atom is -0.309 e. The lowest BCUT2D eigenvalue weighted by Crippen LogP contribution is -2.29. The van der Waals surface area contributed by atoms with Gasteiger partial charge in [-0.25, -0.2) is 0 Å². The lowest BCUT2D eigenvalue weighted by Gasteiger charge is -2.22. The van der Waals surface area contributed by atoms with Crippen LogP contribution in [0.15, 0.2) is 24.3 Å². The van der Waals surface area contributed by atoms with Crippen LogP contribution in [0.5, 0.6) is 0 Å². The van der Waals surface area contributed by atoms with Crippen molar-refractivity contribution in [1.82, 2.24) is 5.32 Å². The van der Waals surface area contributed by atoms with Crippen LogP contribution < -0.4 is 5.32 Å². The molecule has 1 nitrogen and oxygen atoms in total. The SMILES string of the molecule is CCC(NCC1(C2CC2)CC1)c1ccc(Cl)cc1. The molecule has 18 heavy (non-hydrogen) atoms. The predicted octanol–water partition coefficient (Wildman–Crippen LogP) is 4.57. The Morgan fingerprint density at radius 3 is 2.44 bits per heavy atom. The molecule has 1 aromatic rings. The fourth-order valence-electron chi connectivity index (χ4n) is 3.11. The lowest BCUT2D eigenvalue weighted by molar-refractivity contribution is 0.370. The number of nitrogens with one attached hydrogen (secondary N) is 1. The maximum atomic E-state index is 5.95. The molecule has 0 saturated heterocycles. The van der Waals surface area contributed by atoms with Crippen LogP contribution in [0.25, 0.3) is 0 Å². The second-order valence-electron chi connectivity index (χ2n) is 6.03. The van der Waals surface area contributed by atoms with E-state index < -0.39 is 0 Å². The van der Waals surface area contributed by atoms with Crippen molar-refractivity contribution < 1.29 is 0 Å². The van der Waals surface area contributed by atoms with Crippen LogP contribution in [-0.2, 0) is 0 Å². The van der Waals surface area contributed by atoms with E-state index in [0.717, 1.165) is 17.4 Å². The third kappa shape index (κ3) is 2.57. The minimum absolute atomic E-state index is 0.485. The summed E-state index contributed by atoms with van der Waals surface area (Å²) in [5.74, 6) is 1.03. The molecule has 2 fully saturated rings. The number of hydrogen-bond donors (Lipinski definition) is 1. The Bertz CT molecular complexity index is 404. The van der Waals surface area contributed by atoms with Gasteiger partial charge in [-0.3, -0.25) is 0 Å². The summed E-state index contributed by atoms with van der Waals surface area (Å²) in [7, 11) is 0. The van der Waals surface area contributed by atoms with Gasteiger partial charge in [0.15, 0.2) is 0 Å². The van der Waals surface area contributed by atoms with E-state index in [1.807, 2.05) is 12.1 Å². The zero-order valence-electron chi connectivity index (χ0n) is 11.1. The van der Waals surface area contributed by atoms with E-state index >= 15 is 0 Å². The van der Waals surface area contributed by atoms with E-state index in [0.29, 0.717) is 11.5 Å². The highest BCUT2D eigenvalue weighted by Gasteiger charge is 2.53. The summed E-state index contributed by atoms with van der Waals surface area (Å²) in [6.07, 6.45) is 6.98. The fraction of sp³-hybridized carbons (Fsp3) is 0.625. The fourth-order valence-corrected chi connectivity index (χ4v) is 3.23. The molecule has 2 saturated carbocycles. The number of benzene rings is 1. The summed E-state index contributed by atoms with van der Waals surface area (Å²) in [4.78, 5) is 0. The van der Waals surface area contributed by atoms with Crippen LogP contribution in [-0.4, -0.2) is 6.54 Å². The lowest BCUT2D eigenvalue weighted by atomic mass is 9.98. The summed E-state index contributed by atoms with van der Waals surface area (Å²) < 4.78 is 0. The Morgan fingerprint density at radius 1 is 1.28 bits per heavy atom. The monoisotopic (exact) mass is 263 g/mol. The highest BCUT2D eigenvalue weighted by Crippen LogP contribution is 2.61. The van der Waals surface area contributed by atoms with Crippen molar-refractivity contribution in [3.63, 3.8) is 0 Å². The Kier molecular flexibility index (Phi) is 3.38. The highest BCUT2D eigenvalue weighted by atomic mass is 35.5. The molecule has 0 aromatic heterocycles. The van der Waals surface area contributed by atoms with Crippen LogP contribution in [0.2, 0.25) is 5.02 Å². The molecule has 1 N–H and O–H groups in total. The first-order valence-electron chi connectivity index (χ1n) is 7.22. The summed E-state index contributed by atoms with van der Waals surface area (Å²) in [5.41, 5.74) is 2.05. The Morgan fingerprint density at radius 2 is 1.94 bits per heavy atom. The van der Waals surface area contributed by atoms with Crippen molar-refractivity contribution >= 4 is 11.6 Å². The van der Waals surface area contributed by atoms with Crippen molar-refractivity contribution in [3.05, 3.63) is 34.9 Å². The molecule has 2 aliphatic carbocycles.